The van der Waals surface area contributed by atoms with E-state index in [0.717, 1.165) is 34.5 Å². The molecular formula is C19H22IN3. The summed E-state index contributed by atoms with van der Waals surface area (Å²) in [5.41, 5.74) is 3.18. The van der Waals surface area contributed by atoms with Gasteiger partial charge in [0.25, 0.3) is 0 Å². The van der Waals surface area contributed by atoms with E-state index in [1.54, 1.807) is 0 Å². The molecule has 0 radical (unpaired) electrons. The van der Waals surface area contributed by atoms with Gasteiger partial charge in [0.1, 0.15) is 0 Å². The van der Waals surface area contributed by atoms with Gasteiger partial charge >= 0.3 is 0 Å². The number of benzene rings is 2. The van der Waals surface area contributed by atoms with Gasteiger partial charge in [0, 0.05) is 35.6 Å². The number of aliphatic imine (C=N–C) groups is 2. The Labute approximate surface area is 152 Å². The summed E-state index contributed by atoms with van der Waals surface area (Å²) in [6.45, 7) is 3.80. The zero-order valence-corrected chi connectivity index (χ0v) is 15.8. The van der Waals surface area contributed by atoms with Crippen LogP contribution in [0.2, 0.25) is 0 Å². The van der Waals surface area contributed by atoms with Gasteiger partial charge in [0.05, 0.1) is 11.4 Å². The maximum absolute atomic E-state index is 4.59. The lowest BCUT2D eigenvalue weighted by Gasteiger charge is -2.18. The van der Waals surface area contributed by atoms with Crippen molar-refractivity contribution in [3.05, 3.63) is 58.2 Å². The number of nitrogens with zero attached hydrogens (tertiary/aromatic N) is 3. The second kappa shape index (κ2) is 9.45. The van der Waals surface area contributed by atoms with E-state index in [2.05, 4.69) is 74.9 Å². The van der Waals surface area contributed by atoms with Crippen molar-refractivity contribution in [1.82, 2.24) is 0 Å². The Kier molecular flexibility index (Phi) is 7.26. The summed E-state index contributed by atoms with van der Waals surface area (Å²) in [6, 6.07) is 18.5. The van der Waals surface area contributed by atoms with E-state index in [1.165, 1.54) is 5.69 Å². The number of rotatable bonds is 7. The van der Waals surface area contributed by atoms with Gasteiger partial charge in [-0.3, -0.25) is 9.98 Å². The molecule has 0 heterocycles. The van der Waals surface area contributed by atoms with Crippen LogP contribution in [-0.4, -0.2) is 32.1 Å². The van der Waals surface area contributed by atoms with Gasteiger partial charge in [0.2, 0.25) is 0 Å². The molecule has 23 heavy (non-hydrogen) atoms. The second-order valence-corrected chi connectivity index (χ2v) is 6.51. The number of anilines is 1. The van der Waals surface area contributed by atoms with Crippen molar-refractivity contribution in [3.8, 4) is 0 Å². The monoisotopic (exact) mass is 419 g/mol. The maximum atomic E-state index is 4.59. The summed E-state index contributed by atoms with van der Waals surface area (Å²) in [5, 5.41) is 0. The van der Waals surface area contributed by atoms with E-state index < -0.39 is 0 Å². The lowest BCUT2D eigenvalue weighted by molar-refractivity contribution is 0.798. The summed E-state index contributed by atoms with van der Waals surface area (Å²) in [6.07, 6.45) is 2.89. The molecule has 0 amide bonds. The second-order valence-electron chi connectivity index (χ2n) is 5.35. The van der Waals surface area contributed by atoms with Gasteiger partial charge in [-0.25, -0.2) is 0 Å². The molecule has 0 atom stereocenters. The minimum absolute atomic E-state index is 0.815. The molecule has 4 heteroatoms. The van der Waals surface area contributed by atoms with Gasteiger partial charge in [-0.2, -0.15) is 0 Å². The molecule has 0 saturated heterocycles. The van der Waals surface area contributed by atoms with Crippen molar-refractivity contribution in [2.75, 3.05) is 25.0 Å². The fourth-order valence-corrected chi connectivity index (χ4v) is 2.68. The molecule has 3 nitrogen and oxygen atoms in total. The highest BCUT2D eigenvalue weighted by Crippen LogP contribution is 2.20. The van der Waals surface area contributed by atoms with E-state index in [9.17, 15) is 0 Å². The molecule has 2 aromatic carbocycles. The average Bonchev–Trinajstić information content (AvgIpc) is 2.57. The van der Waals surface area contributed by atoms with Crippen LogP contribution in [0.3, 0.4) is 0 Å². The minimum atomic E-state index is 0.815. The zero-order chi connectivity index (χ0) is 16.5. The zero-order valence-electron chi connectivity index (χ0n) is 13.6. The summed E-state index contributed by atoms with van der Waals surface area (Å²) in [5.74, 6) is 0. The molecular weight excluding hydrogens is 397 g/mol. The smallest absolute Gasteiger partial charge is 0.0766 e. The third-order valence-electron chi connectivity index (χ3n) is 3.41. The van der Waals surface area contributed by atoms with Crippen molar-refractivity contribution in [3.63, 3.8) is 0 Å². The Hall–Kier alpha value is -1.69. The van der Waals surface area contributed by atoms with Gasteiger partial charge in [-0.05, 0) is 60.2 Å². The van der Waals surface area contributed by atoms with Crippen molar-refractivity contribution in [1.29, 1.82) is 0 Å². The average molecular weight is 419 g/mol. The van der Waals surface area contributed by atoms with Crippen LogP contribution in [-0.2, 0) is 0 Å². The Morgan fingerprint density at radius 1 is 1.09 bits per heavy atom. The molecule has 0 aliphatic rings. The SMILES string of the molecule is CC(C=NCCCN(C)c1ccccc1)=Nc1ccccc1I. The van der Waals surface area contributed by atoms with E-state index in [1.807, 2.05) is 37.4 Å². The summed E-state index contributed by atoms with van der Waals surface area (Å²) in [4.78, 5) is 11.3. The molecule has 0 fully saturated rings. The molecule has 2 rings (SSSR count). The number of para-hydroxylation sites is 2. The van der Waals surface area contributed by atoms with Gasteiger partial charge in [-0.1, -0.05) is 30.3 Å². The van der Waals surface area contributed by atoms with Crippen LogP contribution >= 0.6 is 22.6 Å². The van der Waals surface area contributed by atoms with Crippen LogP contribution in [0.4, 0.5) is 11.4 Å². The lowest BCUT2D eigenvalue weighted by Crippen LogP contribution is -2.18. The first-order valence-electron chi connectivity index (χ1n) is 7.72. The highest BCUT2D eigenvalue weighted by molar-refractivity contribution is 14.1. The molecule has 120 valence electrons. The maximum Gasteiger partial charge on any atom is 0.0766 e. The largest absolute Gasteiger partial charge is 0.375 e. The standard InChI is InChI=1S/C19H22IN3/c1-16(22-19-12-7-6-11-18(19)20)15-21-13-8-14-23(2)17-9-4-3-5-10-17/h3-7,9-12,15H,8,13-14H2,1-2H3. The normalized spacial score (nSPS) is 11.9. The summed E-state index contributed by atoms with van der Waals surface area (Å²) >= 11 is 2.30. The molecule has 0 unspecified atom stereocenters. The molecule has 0 aliphatic heterocycles. The van der Waals surface area contributed by atoms with Gasteiger partial charge < -0.3 is 4.90 Å². The van der Waals surface area contributed by atoms with E-state index >= 15 is 0 Å². The minimum Gasteiger partial charge on any atom is -0.375 e. The van der Waals surface area contributed by atoms with Crippen LogP contribution in [0.15, 0.2) is 64.6 Å². The van der Waals surface area contributed by atoms with Crippen LogP contribution < -0.4 is 4.90 Å². The molecule has 0 bridgehead atoms. The fraction of sp³-hybridized carbons (Fsp3) is 0.263. The molecule has 0 saturated carbocycles. The molecule has 0 spiro atoms. The van der Waals surface area contributed by atoms with Crippen molar-refractivity contribution >= 4 is 45.9 Å². The van der Waals surface area contributed by atoms with Gasteiger partial charge in [0.15, 0.2) is 0 Å². The molecule has 0 aromatic heterocycles. The number of hydrogen-bond acceptors (Lipinski definition) is 3. The number of hydrogen-bond donors (Lipinski definition) is 0. The van der Waals surface area contributed by atoms with Crippen LogP contribution in [0.5, 0.6) is 0 Å². The number of halogens is 1. The summed E-state index contributed by atoms with van der Waals surface area (Å²) in [7, 11) is 2.11. The highest BCUT2D eigenvalue weighted by Gasteiger charge is 1.98. The fourth-order valence-electron chi connectivity index (χ4n) is 2.17. The Morgan fingerprint density at radius 2 is 1.78 bits per heavy atom. The topological polar surface area (TPSA) is 28.0 Å². The van der Waals surface area contributed by atoms with Crippen LogP contribution in [0, 0.1) is 3.57 Å². The molecule has 0 aliphatic carbocycles. The Balaban J connectivity index is 1.77. The van der Waals surface area contributed by atoms with Crippen molar-refractivity contribution < 1.29 is 0 Å². The Bertz CT molecular complexity index is 665. The van der Waals surface area contributed by atoms with Crippen molar-refractivity contribution in [2.24, 2.45) is 9.98 Å². The lowest BCUT2D eigenvalue weighted by atomic mass is 10.3. The van der Waals surface area contributed by atoms with Gasteiger partial charge in [-0.15, -0.1) is 0 Å². The highest BCUT2D eigenvalue weighted by atomic mass is 127. The Morgan fingerprint density at radius 3 is 2.52 bits per heavy atom. The predicted molar refractivity (Wildman–Crippen MR) is 110 cm³/mol. The first-order chi connectivity index (χ1) is 11.2. The van der Waals surface area contributed by atoms with E-state index in [4.69, 9.17) is 0 Å². The first kappa shape index (κ1) is 17.7. The molecule has 2 aromatic rings. The van der Waals surface area contributed by atoms with Crippen LogP contribution in [0.25, 0.3) is 0 Å². The van der Waals surface area contributed by atoms with E-state index in [-0.39, 0.29) is 0 Å². The van der Waals surface area contributed by atoms with Crippen molar-refractivity contribution in [2.45, 2.75) is 13.3 Å². The third-order valence-corrected chi connectivity index (χ3v) is 4.32. The first-order valence-corrected chi connectivity index (χ1v) is 8.80. The van der Waals surface area contributed by atoms with E-state index in [0.29, 0.717) is 0 Å². The predicted octanol–water partition coefficient (Wildman–Crippen LogP) is 4.98. The summed E-state index contributed by atoms with van der Waals surface area (Å²) < 4.78 is 1.15. The quantitative estimate of drug-likeness (QED) is 0.354. The van der Waals surface area contributed by atoms with Crippen LogP contribution in [0.1, 0.15) is 13.3 Å². The molecule has 0 N–H and O–H groups in total. The third kappa shape index (κ3) is 6.14.